The van der Waals surface area contributed by atoms with Gasteiger partial charge in [0.15, 0.2) is 0 Å². The van der Waals surface area contributed by atoms with E-state index in [1.807, 2.05) is 4.90 Å². The number of piperidine rings is 1. The second-order valence-electron chi connectivity index (χ2n) is 7.59. The van der Waals surface area contributed by atoms with Crippen molar-refractivity contribution in [2.45, 2.75) is 37.3 Å². The Balaban J connectivity index is 1.50. The molecule has 25 heavy (non-hydrogen) atoms. The Labute approximate surface area is 146 Å². The maximum Gasteiger partial charge on any atom is 0.324 e. The number of likely N-dealkylation sites (N-methyl/N-ethyl adjacent to an activating group) is 1. The molecule has 2 N–H and O–H groups in total. The summed E-state index contributed by atoms with van der Waals surface area (Å²) < 4.78 is 0. The molecule has 2 saturated heterocycles. The van der Waals surface area contributed by atoms with Gasteiger partial charge >= 0.3 is 6.03 Å². The van der Waals surface area contributed by atoms with Crippen LogP contribution in [0.5, 0.6) is 0 Å². The normalized spacial score (nSPS) is 29.6. The molecule has 3 atom stereocenters. The van der Waals surface area contributed by atoms with Gasteiger partial charge in [0.25, 0.3) is 0 Å². The minimum atomic E-state index is -0.232. The van der Waals surface area contributed by atoms with Gasteiger partial charge < -0.3 is 14.8 Å². The fraction of sp³-hybridized carbons (Fsp3) is 0.474. The van der Waals surface area contributed by atoms with Crippen LogP contribution < -0.4 is 5.32 Å². The van der Waals surface area contributed by atoms with Crippen LogP contribution in [0.2, 0.25) is 0 Å². The molecule has 0 spiro atoms. The van der Waals surface area contributed by atoms with Crippen LogP contribution in [0.4, 0.5) is 4.79 Å². The quantitative estimate of drug-likeness (QED) is 0.833. The van der Waals surface area contributed by atoms with E-state index in [0.717, 1.165) is 19.4 Å². The topological polar surface area (TPSA) is 68.4 Å². The Morgan fingerprint density at radius 2 is 2.12 bits per heavy atom. The number of carbonyl (C=O) groups excluding carboxylic acids is 2. The van der Waals surface area contributed by atoms with Gasteiger partial charge in [0.1, 0.15) is 0 Å². The fourth-order valence-corrected chi connectivity index (χ4v) is 5.06. The largest absolute Gasteiger partial charge is 0.361 e. The maximum atomic E-state index is 12.3. The van der Waals surface area contributed by atoms with E-state index in [4.69, 9.17) is 0 Å². The number of urea groups is 1. The first-order chi connectivity index (χ1) is 12.1. The van der Waals surface area contributed by atoms with Crippen LogP contribution in [0.1, 0.15) is 29.9 Å². The summed E-state index contributed by atoms with van der Waals surface area (Å²) in [5.74, 6) is 0.254. The van der Waals surface area contributed by atoms with Gasteiger partial charge in [-0.25, -0.2) is 4.79 Å². The third-order valence-electron chi connectivity index (χ3n) is 6.23. The smallest absolute Gasteiger partial charge is 0.324 e. The molecular formula is C19H22N4O2. The number of H-pyrrole nitrogens is 1. The number of rotatable bonds is 1. The van der Waals surface area contributed by atoms with E-state index in [1.165, 1.54) is 22.0 Å². The van der Waals surface area contributed by atoms with Gasteiger partial charge in [-0.3, -0.25) is 10.1 Å². The molecule has 1 aromatic heterocycles. The number of nitrogens with zero attached hydrogens (tertiary/aromatic N) is 2. The summed E-state index contributed by atoms with van der Waals surface area (Å²) >= 11 is 0. The van der Waals surface area contributed by atoms with Gasteiger partial charge in [0, 0.05) is 54.6 Å². The Hall–Kier alpha value is -2.34. The maximum absolute atomic E-state index is 12.3. The Bertz CT molecular complexity index is 873. The number of imide groups is 1. The van der Waals surface area contributed by atoms with Gasteiger partial charge in [-0.2, -0.15) is 0 Å². The highest BCUT2D eigenvalue weighted by Crippen LogP contribution is 2.43. The van der Waals surface area contributed by atoms with E-state index < -0.39 is 0 Å². The average molecular weight is 338 g/mol. The van der Waals surface area contributed by atoms with E-state index in [1.54, 1.807) is 0 Å². The second kappa shape index (κ2) is 5.33. The highest BCUT2D eigenvalue weighted by atomic mass is 16.2. The number of aromatic amines is 1. The predicted octanol–water partition coefficient (Wildman–Crippen LogP) is 1.82. The summed E-state index contributed by atoms with van der Waals surface area (Å²) in [4.78, 5) is 31.4. The lowest BCUT2D eigenvalue weighted by molar-refractivity contribution is -0.121. The molecule has 5 rings (SSSR count). The van der Waals surface area contributed by atoms with Crippen molar-refractivity contribution in [2.75, 3.05) is 20.1 Å². The summed E-state index contributed by atoms with van der Waals surface area (Å²) in [6, 6.07) is 6.89. The number of likely N-dealkylation sites (tertiary alicyclic amines) is 1. The summed E-state index contributed by atoms with van der Waals surface area (Å²) in [7, 11) is 2.16. The van der Waals surface area contributed by atoms with Gasteiger partial charge in [-0.05, 0) is 37.1 Å². The van der Waals surface area contributed by atoms with Crippen molar-refractivity contribution >= 4 is 22.8 Å². The Kier molecular flexibility index (Phi) is 3.19. The number of hydrogen-bond acceptors (Lipinski definition) is 3. The SMILES string of the molecule is CN1C[C@H](N2CCC(=O)NC2=O)C[C@@H]2c3cccc4[nH]cc(c34)C[C@H]21. The minimum Gasteiger partial charge on any atom is -0.361 e. The van der Waals surface area contributed by atoms with Crippen molar-refractivity contribution in [1.29, 1.82) is 0 Å². The van der Waals surface area contributed by atoms with Crippen molar-refractivity contribution in [2.24, 2.45) is 0 Å². The molecule has 2 aliphatic heterocycles. The van der Waals surface area contributed by atoms with E-state index >= 15 is 0 Å². The standard InChI is InChI=1S/C19H22N4O2/c1-22-10-12(23-6-5-17(24)21-19(23)25)8-14-13-3-2-4-15-18(13)11(9-20-15)7-16(14)22/h2-4,9,12,14,16,20H,5-8,10H2,1H3,(H,21,24,25)/t12-,14-,16-/m1/s1. The molecule has 2 fully saturated rings. The van der Waals surface area contributed by atoms with Crippen molar-refractivity contribution in [3.8, 4) is 0 Å². The zero-order valence-electron chi connectivity index (χ0n) is 14.3. The van der Waals surface area contributed by atoms with Crippen LogP contribution in [-0.4, -0.2) is 58.9 Å². The molecular weight excluding hydrogens is 316 g/mol. The first-order valence-corrected chi connectivity index (χ1v) is 9.01. The zero-order chi connectivity index (χ0) is 17.1. The number of carbonyl (C=O) groups is 2. The average Bonchev–Trinajstić information content (AvgIpc) is 3.00. The van der Waals surface area contributed by atoms with Crippen molar-refractivity contribution in [1.82, 2.24) is 20.1 Å². The molecule has 1 aromatic carbocycles. The molecule has 2 aromatic rings. The highest BCUT2D eigenvalue weighted by Gasteiger charge is 2.42. The first kappa shape index (κ1) is 15.0. The number of amides is 3. The third kappa shape index (κ3) is 2.20. The number of hydrogen-bond donors (Lipinski definition) is 2. The molecule has 6 nitrogen and oxygen atoms in total. The number of fused-ring (bicyclic) bond motifs is 2. The molecule has 6 heteroatoms. The monoisotopic (exact) mass is 338 g/mol. The summed E-state index contributed by atoms with van der Waals surface area (Å²) in [6.45, 7) is 1.39. The number of aromatic nitrogens is 1. The van der Waals surface area contributed by atoms with E-state index in [2.05, 4.69) is 46.6 Å². The van der Waals surface area contributed by atoms with E-state index in [9.17, 15) is 9.59 Å². The van der Waals surface area contributed by atoms with E-state index in [-0.39, 0.29) is 18.0 Å². The molecule has 1 aliphatic carbocycles. The van der Waals surface area contributed by atoms with Crippen LogP contribution in [0.3, 0.4) is 0 Å². The molecule has 3 heterocycles. The Morgan fingerprint density at radius 1 is 1.24 bits per heavy atom. The fourth-order valence-electron chi connectivity index (χ4n) is 5.06. The highest BCUT2D eigenvalue weighted by molar-refractivity contribution is 5.96. The van der Waals surface area contributed by atoms with Crippen molar-refractivity contribution in [3.05, 3.63) is 35.5 Å². The molecule has 0 unspecified atom stereocenters. The second-order valence-corrected chi connectivity index (χ2v) is 7.59. The summed E-state index contributed by atoms with van der Waals surface area (Å²) in [5.41, 5.74) is 4.01. The van der Waals surface area contributed by atoms with Gasteiger partial charge in [-0.1, -0.05) is 12.1 Å². The minimum absolute atomic E-state index is 0.148. The van der Waals surface area contributed by atoms with Crippen molar-refractivity contribution in [3.63, 3.8) is 0 Å². The van der Waals surface area contributed by atoms with Gasteiger partial charge in [0.05, 0.1) is 0 Å². The molecule has 3 amide bonds. The molecule has 0 radical (unpaired) electrons. The third-order valence-corrected chi connectivity index (χ3v) is 6.23. The van der Waals surface area contributed by atoms with Crippen molar-refractivity contribution < 1.29 is 9.59 Å². The zero-order valence-corrected chi connectivity index (χ0v) is 14.3. The molecule has 0 bridgehead atoms. The van der Waals surface area contributed by atoms with E-state index in [0.29, 0.717) is 24.9 Å². The lowest BCUT2D eigenvalue weighted by atomic mass is 9.74. The van der Waals surface area contributed by atoms with Crippen LogP contribution in [0.15, 0.2) is 24.4 Å². The molecule has 0 saturated carbocycles. The summed E-state index contributed by atoms with van der Waals surface area (Å²) in [5, 5.41) is 3.84. The number of nitrogens with one attached hydrogen (secondary N) is 2. The lowest BCUT2D eigenvalue weighted by Crippen LogP contribution is -2.60. The summed E-state index contributed by atoms with van der Waals surface area (Å²) in [6.07, 6.45) is 4.56. The first-order valence-electron chi connectivity index (χ1n) is 9.01. The molecule has 3 aliphatic rings. The van der Waals surface area contributed by atoms with Gasteiger partial charge in [-0.15, -0.1) is 0 Å². The van der Waals surface area contributed by atoms with Crippen LogP contribution in [0, 0.1) is 0 Å². The van der Waals surface area contributed by atoms with Crippen LogP contribution in [-0.2, 0) is 11.2 Å². The Morgan fingerprint density at radius 3 is 2.96 bits per heavy atom. The lowest BCUT2D eigenvalue weighted by Gasteiger charge is -2.48. The van der Waals surface area contributed by atoms with Crippen LogP contribution >= 0.6 is 0 Å². The van der Waals surface area contributed by atoms with Crippen LogP contribution in [0.25, 0.3) is 10.9 Å². The van der Waals surface area contributed by atoms with Gasteiger partial charge in [0.2, 0.25) is 5.91 Å². The molecule has 130 valence electrons. The number of benzene rings is 1. The predicted molar refractivity (Wildman–Crippen MR) is 94.4 cm³/mol.